The minimum absolute atomic E-state index is 0.00819. The zero-order valence-electron chi connectivity index (χ0n) is 12.5. The molecule has 0 radical (unpaired) electrons. The smallest absolute Gasteiger partial charge is 0.244 e. The first-order valence-electron chi connectivity index (χ1n) is 7.95. The molecule has 1 aliphatic heterocycles. The molecular weight excluding hydrogens is 264 g/mol. The summed E-state index contributed by atoms with van der Waals surface area (Å²) in [5.41, 5.74) is 0.874. The van der Waals surface area contributed by atoms with Crippen LogP contribution in [0.5, 0.6) is 5.75 Å². The highest BCUT2D eigenvalue weighted by molar-refractivity contribution is 5.92. The van der Waals surface area contributed by atoms with Gasteiger partial charge in [-0.2, -0.15) is 0 Å². The van der Waals surface area contributed by atoms with E-state index in [9.17, 15) is 4.79 Å². The third-order valence-electron chi connectivity index (χ3n) is 5.03. The molecule has 1 amide bonds. The van der Waals surface area contributed by atoms with Gasteiger partial charge in [-0.25, -0.2) is 0 Å². The van der Waals surface area contributed by atoms with E-state index in [0.717, 1.165) is 43.0 Å². The first-order chi connectivity index (χ1) is 10.2. The monoisotopic (exact) mass is 286 g/mol. The minimum atomic E-state index is -0.253. The van der Waals surface area contributed by atoms with Gasteiger partial charge in [-0.15, -0.1) is 0 Å². The molecule has 1 saturated heterocycles. The molecule has 0 bridgehead atoms. The number of ether oxygens (including phenoxy) is 1. The van der Waals surface area contributed by atoms with Crippen LogP contribution in [0.2, 0.25) is 0 Å². The summed E-state index contributed by atoms with van der Waals surface area (Å²) in [5.74, 6) is 2.00. The molecule has 1 aromatic rings. The van der Waals surface area contributed by atoms with Gasteiger partial charge in [0.25, 0.3) is 0 Å². The summed E-state index contributed by atoms with van der Waals surface area (Å²) >= 11 is 0. The zero-order valence-corrected chi connectivity index (χ0v) is 12.5. The summed E-state index contributed by atoms with van der Waals surface area (Å²) < 4.78 is 5.32. The van der Waals surface area contributed by atoms with E-state index in [1.807, 2.05) is 18.2 Å². The number of amides is 1. The van der Waals surface area contributed by atoms with Crippen LogP contribution in [-0.2, 0) is 4.79 Å². The Morgan fingerprint density at radius 3 is 2.86 bits per heavy atom. The molecule has 1 N–H and O–H groups in total. The molecule has 1 unspecified atom stereocenters. The van der Waals surface area contributed by atoms with Crippen LogP contribution < -0.4 is 10.1 Å². The van der Waals surface area contributed by atoms with Crippen molar-refractivity contribution in [2.24, 2.45) is 5.92 Å². The van der Waals surface area contributed by atoms with Crippen molar-refractivity contribution in [3.8, 4) is 5.75 Å². The molecule has 4 rings (SSSR count). The summed E-state index contributed by atoms with van der Waals surface area (Å²) in [6.45, 7) is 0.875. The van der Waals surface area contributed by atoms with E-state index in [1.165, 1.54) is 12.8 Å². The molecule has 3 fully saturated rings. The predicted molar refractivity (Wildman–Crippen MR) is 79.9 cm³/mol. The van der Waals surface area contributed by atoms with E-state index in [4.69, 9.17) is 4.74 Å². The van der Waals surface area contributed by atoms with Crippen molar-refractivity contribution in [3.63, 3.8) is 0 Å². The average molecular weight is 286 g/mol. The molecule has 2 saturated carbocycles. The Balaban J connectivity index is 1.59. The van der Waals surface area contributed by atoms with Gasteiger partial charge in [0.1, 0.15) is 17.5 Å². The number of rotatable bonds is 5. The molecule has 4 heteroatoms. The highest BCUT2D eigenvalue weighted by Crippen LogP contribution is 2.46. The molecule has 0 aromatic heterocycles. The SMILES string of the molecule is COc1cccc(C2NC3(CC3)C(=O)N2CCC2CC2)c1. The van der Waals surface area contributed by atoms with Crippen molar-refractivity contribution in [1.29, 1.82) is 0 Å². The number of carbonyl (C=O) groups is 1. The number of hydrogen-bond acceptors (Lipinski definition) is 3. The lowest BCUT2D eigenvalue weighted by molar-refractivity contribution is -0.131. The fourth-order valence-electron chi connectivity index (χ4n) is 3.31. The lowest BCUT2D eigenvalue weighted by atomic mass is 10.1. The van der Waals surface area contributed by atoms with E-state index >= 15 is 0 Å². The van der Waals surface area contributed by atoms with Crippen LogP contribution in [0, 0.1) is 5.92 Å². The van der Waals surface area contributed by atoms with Crippen molar-refractivity contribution < 1.29 is 9.53 Å². The largest absolute Gasteiger partial charge is 0.497 e. The van der Waals surface area contributed by atoms with Gasteiger partial charge in [-0.05, 0) is 42.9 Å². The van der Waals surface area contributed by atoms with Crippen LogP contribution in [-0.4, -0.2) is 30.0 Å². The predicted octanol–water partition coefficient (Wildman–Crippen LogP) is 2.46. The molecule has 1 atom stereocenters. The summed E-state index contributed by atoms with van der Waals surface area (Å²) in [4.78, 5) is 14.7. The zero-order chi connectivity index (χ0) is 14.4. The Morgan fingerprint density at radius 1 is 1.38 bits per heavy atom. The molecule has 3 aliphatic rings. The van der Waals surface area contributed by atoms with Crippen molar-refractivity contribution in [3.05, 3.63) is 29.8 Å². The van der Waals surface area contributed by atoms with Crippen molar-refractivity contribution in [2.75, 3.05) is 13.7 Å². The summed E-state index contributed by atoms with van der Waals surface area (Å²) in [6, 6.07) is 8.06. The highest BCUT2D eigenvalue weighted by Gasteiger charge is 2.59. The van der Waals surface area contributed by atoms with Gasteiger partial charge >= 0.3 is 0 Å². The van der Waals surface area contributed by atoms with Gasteiger partial charge in [0, 0.05) is 6.54 Å². The quantitative estimate of drug-likeness (QED) is 0.904. The van der Waals surface area contributed by atoms with Gasteiger partial charge in [0.05, 0.1) is 7.11 Å². The maximum Gasteiger partial charge on any atom is 0.244 e. The normalized spacial score (nSPS) is 26.4. The lowest BCUT2D eigenvalue weighted by Gasteiger charge is -2.24. The number of methoxy groups -OCH3 is 1. The number of nitrogens with zero attached hydrogens (tertiary/aromatic N) is 1. The Kier molecular flexibility index (Phi) is 2.96. The van der Waals surface area contributed by atoms with E-state index in [1.54, 1.807) is 7.11 Å². The van der Waals surface area contributed by atoms with Crippen molar-refractivity contribution >= 4 is 5.91 Å². The molecule has 112 valence electrons. The molecule has 21 heavy (non-hydrogen) atoms. The summed E-state index contributed by atoms with van der Waals surface area (Å²) in [5, 5.41) is 3.57. The number of carbonyl (C=O) groups excluding carboxylic acids is 1. The summed E-state index contributed by atoms with van der Waals surface area (Å²) in [6.07, 6.45) is 5.78. The Bertz CT molecular complexity index is 564. The number of benzene rings is 1. The average Bonchev–Trinajstić information content (AvgIpc) is 3.41. The maximum atomic E-state index is 12.7. The fraction of sp³-hybridized carbons (Fsp3) is 0.588. The molecular formula is C17H22N2O2. The third kappa shape index (κ3) is 2.31. The van der Waals surface area contributed by atoms with E-state index < -0.39 is 0 Å². The van der Waals surface area contributed by atoms with Crippen LogP contribution in [0.15, 0.2) is 24.3 Å². The first-order valence-corrected chi connectivity index (χ1v) is 7.95. The lowest BCUT2D eigenvalue weighted by Crippen LogP contribution is -2.33. The van der Waals surface area contributed by atoms with Crippen LogP contribution in [0.4, 0.5) is 0 Å². The van der Waals surface area contributed by atoms with Crippen LogP contribution in [0.25, 0.3) is 0 Å². The molecule has 4 nitrogen and oxygen atoms in total. The standard InChI is InChI=1S/C17H22N2O2/c1-21-14-4-2-3-13(11-14)15-18-17(8-9-17)16(20)19(15)10-7-12-5-6-12/h2-4,11-12,15,18H,5-10H2,1H3. The minimum Gasteiger partial charge on any atom is -0.497 e. The van der Waals surface area contributed by atoms with E-state index in [0.29, 0.717) is 5.91 Å². The topological polar surface area (TPSA) is 41.6 Å². The fourth-order valence-corrected chi connectivity index (χ4v) is 3.31. The van der Waals surface area contributed by atoms with Crippen molar-refractivity contribution in [2.45, 2.75) is 43.8 Å². The van der Waals surface area contributed by atoms with Gasteiger partial charge < -0.3 is 9.64 Å². The summed E-state index contributed by atoms with van der Waals surface area (Å²) in [7, 11) is 1.68. The van der Waals surface area contributed by atoms with E-state index in [2.05, 4.69) is 16.3 Å². The second-order valence-electron chi connectivity index (χ2n) is 6.64. The second-order valence-corrected chi connectivity index (χ2v) is 6.64. The van der Waals surface area contributed by atoms with E-state index in [-0.39, 0.29) is 11.7 Å². The highest BCUT2D eigenvalue weighted by atomic mass is 16.5. The maximum absolute atomic E-state index is 12.7. The van der Waals surface area contributed by atoms with Gasteiger partial charge in [0.15, 0.2) is 0 Å². The number of hydrogen-bond donors (Lipinski definition) is 1. The Labute approximate surface area is 125 Å². The van der Waals surface area contributed by atoms with Gasteiger partial charge in [0.2, 0.25) is 5.91 Å². The molecule has 2 aliphatic carbocycles. The first kappa shape index (κ1) is 13.1. The molecule has 1 heterocycles. The number of nitrogens with one attached hydrogen (secondary N) is 1. The van der Waals surface area contributed by atoms with Crippen LogP contribution >= 0.6 is 0 Å². The van der Waals surface area contributed by atoms with Crippen molar-refractivity contribution in [1.82, 2.24) is 10.2 Å². The van der Waals surface area contributed by atoms with Gasteiger partial charge in [-0.3, -0.25) is 10.1 Å². The Morgan fingerprint density at radius 2 is 2.19 bits per heavy atom. The second kappa shape index (κ2) is 4.73. The molecule has 1 spiro atoms. The van der Waals surface area contributed by atoms with Gasteiger partial charge in [-0.1, -0.05) is 25.0 Å². The third-order valence-corrected chi connectivity index (χ3v) is 5.03. The van der Waals surface area contributed by atoms with Crippen LogP contribution in [0.1, 0.15) is 43.8 Å². The Hall–Kier alpha value is -1.55. The molecule has 1 aromatic carbocycles. The van der Waals surface area contributed by atoms with Crippen LogP contribution in [0.3, 0.4) is 0 Å².